The van der Waals surface area contributed by atoms with Crippen LogP contribution >= 0.6 is 7.60 Å². The average Bonchev–Trinajstić information content (AvgIpc) is 2.33. The molecular formula is C12H20N3O4P. The topological polar surface area (TPSA) is 143 Å². The fraction of sp³-hybridized carbons (Fsp3) is 0.417. The Labute approximate surface area is 117 Å². The van der Waals surface area contributed by atoms with Crippen molar-refractivity contribution < 1.29 is 19.1 Å². The molecule has 1 unspecified atom stereocenters. The highest BCUT2D eigenvalue weighted by molar-refractivity contribution is 7.51. The largest absolute Gasteiger partial charge is 0.492 e. The van der Waals surface area contributed by atoms with Crippen LogP contribution in [0.1, 0.15) is 18.1 Å². The van der Waals surface area contributed by atoms with Gasteiger partial charge in [0.15, 0.2) is 0 Å². The van der Waals surface area contributed by atoms with E-state index in [9.17, 15) is 4.57 Å². The van der Waals surface area contributed by atoms with E-state index in [1.165, 1.54) is 0 Å². The summed E-state index contributed by atoms with van der Waals surface area (Å²) in [5.41, 5.74) is 12.2. The lowest BCUT2D eigenvalue weighted by atomic mass is 10.1. The van der Waals surface area contributed by atoms with Gasteiger partial charge in [-0.25, -0.2) is 0 Å². The molecule has 0 radical (unpaired) electrons. The second-order valence-electron chi connectivity index (χ2n) is 4.66. The summed E-state index contributed by atoms with van der Waals surface area (Å²) >= 11 is 0. The van der Waals surface area contributed by atoms with Crippen molar-refractivity contribution in [3.05, 3.63) is 29.3 Å². The predicted molar refractivity (Wildman–Crippen MR) is 77.2 cm³/mol. The van der Waals surface area contributed by atoms with Gasteiger partial charge >= 0.3 is 7.60 Å². The summed E-state index contributed by atoms with van der Waals surface area (Å²) < 4.78 is 16.5. The van der Waals surface area contributed by atoms with Crippen molar-refractivity contribution >= 4 is 13.4 Å². The molecule has 0 fully saturated rings. The van der Waals surface area contributed by atoms with Gasteiger partial charge in [-0.15, -0.1) is 0 Å². The summed E-state index contributed by atoms with van der Waals surface area (Å²) in [5.74, 6) is 0.348. The van der Waals surface area contributed by atoms with Crippen LogP contribution < -0.4 is 16.2 Å². The fourth-order valence-electron chi connectivity index (χ4n) is 1.55. The minimum atomic E-state index is -4.07. The summed E-state index contributed by atoms with van der Waals surface area (Å²) in [7, 11) is -4.07. The van der Waals surface area contributed by atoms with Crippen LogP contribution in [0.5, 0.6) is 5.75 Å². The van der Waals surface area contributed by atoms with Gasteiger partial charge in [0.25, 0.3) is 0 Å². The highest BCUT2D eigenvalue weighted by atomic mass is 31.2. The molecule has 112 valence electrons. The third-order valence-electron chi connectivity index (χ3n) is 2.55. The Bertz CT molecular complexity index is 527. The molecule has 20 heavy (non-hydrogen) atoms. The quantitative estimate of drug-likeness (QED) is 0.280. The molecule has 0 aromatic heterocycles. The van der Waals surface area contributed by atoms with Crippen LogP contribution in [-0.4, -0.2) is 34.4 Å². The summed E-state index contributed by atoms with van der Waals surface area (Å²) in [5, 5.41) is 7.39. The average molecular weight is 301 g/mol. The van der Waals surface area contributed by atoms with Crippen LogP contribution in [-0.2, 0) is 11.0 Å². The molecule has 0 aliphatic carbocycles. The Morgan fingerprint density at radius 3 is 2.65 bits per heavy atom. The number of amidine groups is 1. The number of nitrogens with one attached hydrogen (secondary N) is 1. The first-order chi connectivity index (χ1) is 9.19. The van der Waals surface area contributed by atoms with Gasteiger partial charge in [-0.3, -0.25) is 9.97 Å². The highest BCUT2D eigenvalue weighted by Crippen LogP contribution is 2.36. The number of rotatable bonds is 7. The van der Waals surface area contributed by atoms with Crippen molar-refractivity contribution in [3.8, 4) is 5.75 Å². The molecule has 7 nitrogen and oxygen atoms in total. The second-order valence-corrected chi connectivity index (χ2v) is 6.44. The van der Waals surface area contributed by atoms with Crippen LogP contribution in [0.15, 0.2) is 18.2 Å². The van der Waals surface area contributed by atoms with Gasteiger partial charge in [0.1, 0.15) is 18.2 Å². The maximum atomic E-state index is 10.9. The van der Waals surface area contributed by atoms with Crippen LogP contribution in [0.3, 0.4) is 0 Å². The molecule has 0 aliphatic heterocycles. The Morgan fingerprint density at radius 2 is 2.15 bits per heavy atom. The zero-order chi connectivity index (χ0) is 15.3. The number of ether oxygens (including phenoxy) is 1. The van der Waals surface area contributed by atoms with E-state index in [2.05, 4.69) is 0 Å². The van der Waals surface area contributed by atoms with Crippen LogP contribution in [0.4, 0.5) is 0 Å². The molecule has 0 bridgehead atoms. The number of aryl methyl sites for hydroxylation is 1. The molecule has 8 heteroatoms. The smallest absolute Gasteiger partial charge is 0.325 e. The predicted octanol–water partition coefficient (Wildman–Crippen LogP) is 0.417. The Kier molecular flexibility index (Phi) is 5.71. The number of hydrogen-bond donors (Lipinski definition) is 5. The van der Waals surface area contributed by atoms with E-state index in [0.29, 0.717) is 16.9 Å². The number of hydrogen-bond acceptors (Lipinski definition) is 4. The highest BCUT2D eigenvalue weighted by Gasteiger charge is 2.15. The third-order valence-corrected chi connectivity index (χ3v) is 3.36. The van der Waals surface area contributed by atoms with Gasteiger partial charge < -0.3 is 26.0 Å². The SMILES string of the molecule is CC(N)COc1cc(C(=N)N)ccc1CCP(=O)(O)O. The van der Waals surface area contributed by atoms with Crippen molar-refractivity contribution in [1.29, 1.82) is 5.41 Å². The maximum absolute atomic E-state index is 10.9. The van der Waals surface area contributed by atoms with Crippen LogP contribution in [0.2, 0.25) is 0 Å². The van der Waals surface area contributed by atoms with E-state index in [1.807, 2.05) is 0 Å². The standard InChI is InChI=1S/C12H20N3O4P/c1-8(13)7-19-11-6-10(12(14)15)3-2-9(11)4-5-20(16,17)18/h2-3,6,8H,4-5,7,13H2,1H3,(H3,14,15)(H2,16,17,18). The summed E-state index contributed by atoms with van der Waals surface area (Å²) in [6.45, 7) is 2.05. The van der Waals surface area contributed by atoms with Crippen LogP contribution in [0, 0.1) is 5.41 Å². The van der Waals surface area contributed by atoms with Gasteiger partial charge in [0.05, 0.1) is 6.16 Å². The molecule has 1 rings (SSSR count). The van der Waals surface area contributed by atoms with Gasteiger partial charge in [-0.05, 0) is 25.0 Å². The van der Waals surface area contributed by atoms with E-state index >= 15 is 0 Å². The lowest BCUT2D eigenvalue weighted by molar-refractivity contribution is 0.293. The van der Waals surface area contributed by atoms with Gasteiger partial charge in [-0.1, -0.05) is 12.1 Å². The molecular weight excluding hydrogens is 281 g/mol. The summed E-state index contributed by atoms with van der Waals surface area (Å²) in [4.78, 5) is 17.9. The minimum Gasteiger partial charge on any atom is -0.492 e. The second kappa shape index (κ2) is 6.85. The first-order valence-electron chi connectivity index (χ1n) is 6.09. The Morgan fingerprint density at radius 1 is 1.50 bits per heavy atom. The number of nitrogen functional groups attached to an aromatic ring is 1. The molecule has 0 saturated heterocycles. The lowest BCUT2D eigenvalue weighted by Crippen LogP contribution is -2.24. The van der Waals surface area contributed by atoms with E-state index in [0.717, 1.165) is 0 Å². The molecule has 1 atom stereocenters. The lowest BCUT2D eigenvalue weighted by Gasteiger charge is -2.15. The fourth-order valence-corrected chi connectivity index (χ4v) is 2.08. The molecule has 1 aromatic carbocycles. The van der Waals surface area contributed by atoms with E-state index in [-0.39, 0.29) is 31.1 Å². The molecule has 7 N–H and O–H groups in total. The number of nitrogens with two attached hydrogens (primary N) is 2. The van der Waals surface area contributed by atoms with Crippen LogP contribution in [0.25, 0.3) is 0 Å². The first kappa shape index (κ1) is 16.7. The summed E-state index contributed by atoms with van der Waals surface area (Å²) in [6, 6.07) is 4.68. The van der Waals surface area contributed by atoms with Gasteiger partial charge in [0, 0.05) is 11.6 Å². The van der Waals surface area contributed by atoms with Crippen molar-refractivity contribution in [2.75, 3.05) is 12.8 Å². The van der Waals surface area contributed by atoms with E-state index < -0.39 is 7.60 Å². The minimum absolute atomic E-state index is 0.0998. The molecule has 0 amide bonds. The van der Waals surface area contributed by atoms with Crippen molar-refractivity contribution in [1.82, 2.24) is 0 Å². The zero-order valence-corrected chi connectivity index (χ0v) is 12.1. The van der Waals surface area contributed by atoms with Crippen molar-refractivity contribution in [3.63, 3.8) is 0 Å². The van der Waals surface area contributed by atoms with Gasteiger partial charge in [-0.2, -0.15) is 0 Å². The normalized spacial score (nSPS) is 13.0. The third kappa shape index (κ3) is 5.71. The van der Waals surface area contributed by atoms with Gasteiger partial charge in [0.2, 0.25) is 0 Å². The Hall–Kier alpha value is -1.40. The molecule has 0 spiro atoms. The molecule has 0 saturated carbocycles. The maximum Gasteiger partial charge on any atom is 0.325 e. The molecule has 1 aromatic rings. The zero-order valence-electron chi connectivity index (χ0n) is 11.2. The monoisotopic (exact) mass is 301 g/mol. The molecule has 0 aliphatic rings. The summed E-state index contributed by atoms with van der Waals surface area (Å²) in [6.07, 6.45) is -0.0856. The van der Waals surface area contributed by atoms with E-state index in [4.69, 9.17) is 31.4 Å². The molecule has 0 heterocycles. The number of benzene rings is 1. The van der Waals surface area contributed by atoms with Crippen molar-refractivity contribution in [2.24, 2.45) is 11.5 Å². The van der Waals surface area contributed by atoms with E-state index in [1.54, 1.807) is 25.1 Å². The first-order valence-corrected chi connectivity index (χ1v) is 7.89. The Balaban J connectivity index is 2.96. The van der Waals surface area contributed by atoms with Crippen molar-refractivity contribution in [2.45, 2.75) is 19.4 Å².